The molecule has 2 N–H and O–H groups in total. The van der Waals surface area contributed by atoms with Crippen LogP contribution in [-0.4, -0.2) is 17.0 Å². The molecule has 22 heavy (non-hydrogen) atoms. The molecule has 1 aliphatic rings. The Bertz CT molecular complexity index is 704. The second kappa shape index (κ2) is 6.05. The van der Waals surface area contributed by atoms with Crippen LogP contribution in [0.2, 0.25) is 0 Å². The first kappa shape index (κ1) is 14.4. The van der Waals surface area contributed by atoms with Crippen LogP contribution in [0.1, 0.15) is 46.2 Å². The smallest absolute Gasteiger partial charge is 0.371 e. The number of carboxylic acid groups (broad SMARTS) is 1. The molecule has 0 bridgehead atoms. The SMILES string of the molecule is O=C(C[C@H]1CCc2ccccc21)NCc1ccc(C(=O)O)o1. The molecule has 1 aliphatic carbocycles. The number of carbonyl (C=O) groups excluding carboxylic acids is 1. The molecule has 1 amide bonds. The molecule has 1 aromatic heterocycles. The number of benzene rings is 1. The Morgan fingerprint density at radius 2 is 2.05 bits per heavy atom. The molecular formula is C17H17NO4. The number of nitrogens with one attached hydrogen (secondary N) is 1. The van der Waals surface area contributed by atoms with Gasteiger partial charge in [-0.1, -0.05) is 24.3 Å². The summed E-state index contributed by atoms with van der Waals surface area (Å²) in [6.07, 6.45) is 2.47. The maximum Gasteiger partial charge on any atom is 0.371 e. The molecule has 114 valence electrons. The molecule has 0 aliphatic heterocycles. The topological polar surface area (TPSA) is 79.5 Å². The fraction of sp³-hybridized carbons (Fsp3) is 0.294. The van der Waals surface area contributed by atoms with E-state index in [0.29, 0.717) is 12.2 Å². The fourth-order valence-corrected chi connectivity index (χ4v) is 2.93. The van der Waals surface area contributed by atoms with Crippen molar-refractivity contribution in [1.29, 1.82) is 0 Å². The number of amides is 1. The van der Waals surface area contributed by atoms with E-state index in [1.165, 1.54) is 17.2 Å². The summed E-state index contributed by atoms with van der Waals surface area (Å²) in [5.41, 5.74) is 2.60. The van der Waals surface area contributed by atoms with Crippen LogP contribution < -0.4 is 5.32 Å². The Morgan fingerprint density at radius 1 is 1.23 bits per heavy atom. The summed E-state index contributed by atoms with van der Waals surface area (Å²) in [4.78, 5) is 22.8. The summed E-state index contributed by atoms with van der Waals surface area (Å²) < 4.78 is 5.11. The Balaban J connectivity index is 1.54. The summed E-state index contributed by atoms with van der Waals surface area (Å²) in [6, 6.07) is 11.2. The van der Waals surface area contributed by atoms with Gasteiger partial charge in [0.25, 0.3) is 0 Å². The fourth-order valence-electron chi connectivity index (χ4n) is 2.93. The van der Waals surface area contributed by atoms with E-state index >= 15 is 0 Å². The van der Waals surface area contributed by atoms with Crippen molar-refractivity contribution in [3.63, 3.8) is 0 Å². The third kappa shape index (κ3) is 3.03. The van der Waals surface area contributed by atoms with Crippen LogP contribution in [0.5, 0.6) is 0 Å². The average Bonchev–Trinajstić information content (AvgIpc) is 3.13. The summed E-state index contributed by atoms with van der Waals surface area (Å²) in [7, 11) is 0. The van der Waals surface area contributed by atoms with Gasteiger partial charge in [-0.25, -0.2) is 4.79 Å². The lowest BCUT2D eigenvalue weighted by molar-refractivity contribution is -0.121. The molecule has 0 unspecified atom stereocenters. The van der Waals surface area contributed by atoms with Crippen molar-refractivity contribution < 1.29 is 19.1 Å². The van der Waals surface area contributed by atoms with Gasteiger partial charge in [0.1, 0.15) is 5.76 Å². The maximum atomic E-state index is 12.1. The molecule has 2 aromatic rings. The number of hydrogen-bond acceptors (Lipinski definition) is 3. The Hall–Kier alpha value is -2.56. The zero-order valence-electron chi connectivity index (χ0n) is 12.0. The zero-order valence-corrected chi connectivity index (χ0v) is 12.0. The van der Waals surface area contributed by atoms with Crippen molar-refractivity contribution in [3.05, 3.63) is 59.0 Å². The van der Waals surface area contributed by atoms with Gasteiger partial charge in [0.2, 0.25) is 11.7 Å². The molecule has 3 rings (SSSR count). The van der Waals surface area contributed by atoms with Gasteiger partial charge in [0.15, 0.2) is 0 Å². The van der Waals surface area contributed by atoms with Crippen LogP contribution in [0.15, 0.2) is 40.8 Å². The van der Waals surface area contributed by atoms with E-state index < -0.39 is 5.97 Å². The highest BCUT2D eigenvalue weighted by Gasteiger charge is 2.24. The van der Waals surface area contributed by atoms with Crippen LogP contribution in [0.25, 0.3) is 0 Å². The van der Waals surface area contributed by atoms with Crippen molar-refractivity contribution in [2.75, 3.05) is 0 Å². The predicted octanol–water partition coefficient (Wildman–Crippen LogP) is 2.71. The lowest BCUT2D eigenvalue weighted by Gasteiger charge is -2.11. The number of carbonyl (C=O) groups is 2. The van der Waals surface area contributed by atoms with E-state index in [4.69, 9.17) is 9.52 Å². The average molecular weight is 299 g/mol. The number of hydrogen-bond donors (Lipinski definition) is 2. The van der Waals surface area contributed by atoms with E-state index in [0.717, 1.165) is 12.8 Å². The Morgan fingerprint density at radius 3 is 2.82 bits per heavy atom. The summed E-state index contributed by atoms with van der Waals surface area (Å²) in [6.45, 7) is 0.209. The maximum absolute atomic E-state index is 12.1. The van der Waals surface area contributed by atoms with Gasteiger partial charge < -0.3 is 14.8 Å². The first-order chi connectivity index (χ1) is 10.6. The molecule has 5 heteroatoms. The predicted molar refractivity (Wildman–Crippen MR) is 79.6 cm³/mol. The number of furan rings is 1. The van der Waals surface area contributed by atoms with E-state index in [1.54, 1.807) is 6.07 Å². The summed E-state index contributed by atoms with van der Waals surface area (Å²) >= 11 is 0. The van der Waals surface area contributed by atoms with Crippen molar-refractivity contribution in [2.45, 2.75) is 31.7 Å². The number of aryl methyl sites for hydroxylation is 1. The minimum Gasteiger partial charge on any atom is -0.475 e. The van der Waals surface area contributed by atoms with Crippen LogP contribution >= 0.6 is 0 Å². The van der Waals surface area contributed by atoms with Crippen LogP contribution in [-0.2, 0) is 17.8 Å². The van der Waals surface area contributed by atoms with Crippen LogP contribution in [0, 0.1) is 0 Å². The molecule has 1 heterocycles. The first-order valence-corrected chi connectivity index (χ1v) is 7.30. The van der Waals surface area contributed by atoms with Gasteiger partial charge in [0, 0.05) is 6.42 Å². The lowest BCUT2D eigenvalue weighted by Crippen LogP contribution is -2.24. The highest BCUT2D eigenvalue weighted by molar-refractivity contribution is 5.84. The Labute approximate surface area is 127 Å². The number of rotatable bonds is 5. The quantitative estimate of drug-likeness (QED) is 0.889. The van der Waals surface area contributed by atoms with E-state index in [1.807, 2.05) is 12.1 Å². The van der Waals surface area contributed by atoms with Crippen molar-refractivity contribution in [3.8, 4) is 0 Å². The van der Waals surface area contributed by atoms with Crippen molar-refractivity contribution >= 4 is 11.9 Å². The second-order valence-electron chi connectivity index (χ2n) is 5.49. The molecule has 1 aromatic carbocycles. The summed E-state index contributed by atoms with van der Waals surface area (Å²) in [5.74, 6) is -0.566. The van der Waals surface area contributed by atoms with Crippen molar-refractivity contribution in [2.24, 2.45) is 0 Å². The minimum atomic E-state index is -1.11. The van der Waals surface area contributed by atoms with Crippen LogP contribution in [0.4, 0.5) is 0 Å². The van der Waals surface area contributed by atoms with Crippen molar-refractivity contribution in [1.82, 2.24) is 5.32 Å². The minimum absolute atomic E-state index is 0.0463. The molecule has 0 fully saturated rings. The van der Waals surface area contributed by atoms with Gasteiger partial charge in [-0.2, -0.15) is 0 Å². The van der Waals surface area contributed by atoms with Crippen LogP contribution in [0.3, 0.4) is 0 Å². The molecule has 0 saturated carbocycles. The molecule has 1 atom stereocenters. The first-order valence-electron chi connectivity index (χ1n) is 7.30. The molecular weight excluding hydrogens is 282 g/mol. The second-order valence-corrected chi connectivity index (χ2v) is 5.49. The normalized spacial score (nSPS) is 16.3. The zero-order chi connectivity index (χ0) is 15.5. The number of fused-ring (bicyclic) bond motifs is 1. The number of carboxylic acids is 1. The van der Waals surface area contributed by atoms with E-state index in [-0.39, 0.29) is 24.1 Å². The lowest BCUT2D eigenvalue weighted by atomic mass is 9.97. The molecule has 0 radical (unpaired) electrons. The van der Waals surface area contributed by atoms with E-state index in [2.05, 4.69) is 17.4 Å². The number of aromatic carboxylic acids is 1. The summed E-state index contributed by atoms with van der Waals surface area (Å²) in [5, 5.41) is 11.6. The van der Waals surface area contributed by atoms with Gasteiger partial charge in [0.05, 0.1) is 6.54 Å². The monoisotopic (exact) mass is 299 g/mol. The molecule has 0 saturated heterocycles. The highest BCUT2D eigenvalue weighted by atomic mass is 16.4. The third-order valence-corrected chi connectivity index (χ3v) is 4.02. The largest absolute Gasteiger partial charge is 0.475 e. The van der Waals surface area contributed by atoms with Gasteiger partial charge >= 0.3 is 5.97 Å². The third-order valence-electron chi connectivity index (χ3n) is 4.02. The standard InChI is InChI=1S/C17H17NO4/c19-16(18-10-13-7-8-15(22-13)17(20)21)9-12-6-5-11-3-1-2-4-14(11)12/h1-4,7-8,12H,5-6,9-10H2,(H,18,19)(H,20,21)/t12-/m1/s1. The molecule has 0 spiro atoms. The van der Waals surface area contributed by atoms with Gasteiger partial charge in [-0.3, -0.25) is 4.79 Å². The van der Waals surface area contributed by atoms with Gasteiger partial charge in [-0.15, -0.1) is 0 Å². The van der Waals surface area contributed by atoms with Gasteiger partial charge in [-0.05, 0) is 42.0 Å². The Kier molecular flexibility index (Phi) is 3.96. The highest BCUT2D eigenvalue weighted by Crippen LogP contribution is 2.35. The molecule has 5 nitrogen and oxygen atoms in total. The van der Waals surface area contributed by atoms with E-state index in [9.17, 15) is 9.59 Å².